The van der Waals surface area contributed by atoms with Crippen molar-refractivity contribution in [3.63, 3.8) is 0 Å². The van der Waals surface area contributed by atoms with Gasteiger partial charge in [0.05, 0.1) is 11.7 Å². The standard InChI is InChI=1S/C13H12ClN3/c1-16-8-6-13(14,7-9-16)17-12-5-3-2-4-11(12)10-15-17/h2-10H,1H3. The Morgan fingerprint density at radius 2 is 1.88 bits per heavy atom. The Morgan fingerprint density at radius 3 is 2.65 bits per heavy atom. The normalized spacial score (nSPS) is 17.9. The van der Waals surface area contributed by atoms with Crippen LogP contribution < -0.4 is 0 Å². The van der Waals surface area contributed by atoms with E-state index in [9.17, 15) is 0 Å². The lowest BCUT2D eigenvalue weighted by atomic mass is 10.2. The van der Waals surface area contributed by atoms with E-state index in [1.54, 1.807) is 0 Å². The molecule has 86 valence electrons. The lowest BCUT2D eigenvalue weighted by Gasteiger charge is -2.26. The lowest BCUT2D eigenvalue weighted by Crippen LogP contribution is -2.27. The van der Waals surface area contributed by atoms with Crippen molar-refractivity contribution in [1.82, 2.24) is 14.7 Å². The molecule has 0 saturated heterocycles. The summed E-state index contributed by atoms with van der Waals surface area (Å²) in [5.41, 5.74) is 1.03. The molecule has 0 bridgehead atoms. The molecule has 1 aromatic heterocycles. The van der Waals surface area contributed by atoms with E-state index in [4.69, 9.17) is 11.6 Å². The Bertz CT molecular complexity index is 598. The van der Waals surface area contributed by atoms with Gasteiger partial charge in [-0.25, -0.2) is 4.68 Å². The minimum atomic E-state index is -0.713. The molecule has 1 aliphatic heterocycles. The van der Waals surface area contributed by atoms with Crippen LogP contribution in [-0.4, -0.2) is 21.7 Å². The fourth-order valence-electron chi connectivity index (χ4n) is 1.94. The molecule has 0 radical (unpaired) electrons. The molecule has 3 nitrogen and oxygen atoms in total. The van der Waals surface area contributed by atoms with Crippen molar-refractivity contribution >= 4 is 22.5 Å². The maximum absolute atomic E-state index is 6.59. The van der Waals surface area contributed by atoms with Crippen molar-refractivity contribution in [2.75, 3.05) is 7.05 Å². The summed E-state index contributed by atoms with van der Waals surface area (Å²) >= 11 is 6.59. The molecular weight excluding hydrogens is 234 g/mol. The Balaban J connectivity index is 2.16. The maximum Gasteiger partial charge on any atom is 0.176 e. The predicted molar refractivity (Wildman–Crippen MR) is 69.6 cm³/mol. The van der Waals surface area contributed by atoms with Gasteiger partial charge >= 0.3 is 0 Å². The fourth-order valence-corrected chi connectivity index (χ4v) is 2.18. The van der Waals surface area contributed by atoms with Gasteiger partial charge in [0.1, 0.15) is 0 Å². The summed E-state index contributed by atoms with van der Waals surface area (Å²) in [4.78, 5) is 1.24. The topological polar surface area (TPSA) is 21.1 Å². The molecule has 1 aliphatic rings. The van der Waals surface area contributed by atoms with E-state index >= 15 is 0 Å². The number of benzene rings is 1. The summed E-state index contributed by atoms with van der Waals surface area (Å²) in [6, 6.07) is 8.03. The number of aromatic nitrogens is 2. The molecule has 0 N–H and O–H groups in total. The van der Waals surface area contributed by atoms with Crippen molar-refractivity contribution in [3.8, 4) is 0 Å². The Morgan fingerprint density at radius 1 is 1.18 bits per heavy atom. The third kappa shape index (κ3) is 1.63. The van der Waals surface area contributed by atoms with Gasteiger partial charge in [-0.15, -0.1) is 0 Å². The third-order valence-corrected chi connectivity index (χ3v) is 3.30. The number of rotatable bonds is 1. The molecule has 2 heterocycles. The predicted octanol–water partition coefficient (Wildman–Crippen LogP) is 2.90. The molecule has 17 heavy (non-hydrogen) atoms. The number of fused-ring (bicyclic) bond motifs is 1. The van der Waals surface area contributed by atoms with Gasteiger partial charge in [0, 0.05) is 24.8 Å². The van der Waals surface area contributed by atoms with Gasteiger partial charge in [0.25, 0.3) is 0 Å². The van der Waals surface area contributed by atoms with Crippen molar-refractivity contribution < 1.29 is 0 Å². The second kappa shape index (κ2) is 3.64. The Hall–Kier alpha value is -1.74. The minimum absolute atomic E-state index is 0.713. The van der Waals surface area contributed by atoms with Gasteiger partial charge in [-0.1, -0.05) is 29.8 Å². The van der Waals surface area contributed by atoms with Crippen LogP contribution in [0, 0.1) is 0 Å². The molecule has 1 aromatic carbocycles. The molecule has 0 fully saturated rings. The van der Waals surface area contributed by atoms with Crippen molar-refractivity contribution in [2.24, 2.45) is 0 Å². The zero-order valence-corrected chi connectivity index (χ0v) is 10.2. The molecule has 2 aromatic rings. The first-order chi connectivity index (χ1) is 8.19. The van der Waals surface area contributed by atoms with Gasteiger partial charge in [-0.2, -0.15) is 5.10 Å². The number of allylic oxidation sites excluding steroid dienone is 2. The van der Waals surface area contributed by atoms with Gasteiger partial charge in [0.2, 0.25) is 0 Å². The Labute approximate surface area is 105 Å². The molecule has 0 aliphatic carbocycles. The summed E-state index contributed by atoms with van der Waals surface area (Å²) in [5.74, 6) is 0. The monoisotopic (exact) mass is 245 g/mol. The van der Waals surface area contributed by atoms with Gasteiger partial charge in [0.15, 0.2) is 5.00 Å². The first kappa shape index (κ1) is 10.4. The van der Waals surface area contributed by atoms with Crippen LogP contribution in [0.25, 0.3) is 10.9 Å². The van der Waals surface area contributed by atoms with Crippen molar-refractivity contribution in [2.45, 2.75) is 5.00 Å². The summed E-state index contributed by atoms with van der Waals surface area (Å²) in [6.07, 6.45) is 9.55. The fraction of sp³-hybridized carbons (Fsp3) is 0.154. The van der Waals surface area contributed by atoms with Crippen LogP contribution in [0.2, 0.25) is 0 Å². The van der Waals surface area contributed by atoms with Crippen LogP contribution in [0.1, 0.15) is 0 Å². The van der Waals surface area contributed by atoms with Crippen LogP contribution in [0.5, 0.6) is 0 Å². The summed E-state index contributed by atoms with van der Waals surface area (Å²) < 4.78 is 1.82. The number of hydrogen-bond donors (Lipinski definition) is 0. The molecule has 0 atom stereocenters. The first-order valence-electron chi connectivity index (χ1n) is 5.42. The highest BCUT2D eigenvalue weighted by Gasteiger charge is 2.27. The number of halogens is 1. The van der Waals surface area contributed by atoms with Gasteiger partial charge in [-0.3, -0.25) is 0 Å². The van der Waals surface area contributed by atoms with Crippen LogP contribution >= 0.6 is 11.6 Å². The van der Waals surface area contributed by atoms with E-state index in [1.165, 1.54) is 0 Å². The van der Waals surface area contributed by atoms with Crippen molar-refractivity contribution in [1.29, 1.82) is 0 Å². The van der Waals surface area contributed by atoms with Crippen LogP contribution in [-0.2, 0) is 5.00 Å². The quantitative estimate of drug-likeness (QED) is 0.721. The molecule has 3 rings (SSSR count). The second-order valence-electron chi connectivity index (χ2n) is 4.14. The van der Waals surface area contributed by atoms with E-state index in [0.717, 1.165) is 10.9 Å². The largest absolute Gasteiger partial charge is 0.358 e. The molecule has 0 amide bonds. The van der Waals surface area contributed by atoms with E-state index < -0.39 is 5.00 Å². The highest BCUT2D eigenvalue weighted by Crippen LogP contribution is 2.31. The molecule has 4 heteroatoms. The van der Waals surface area contributed by atoms with Gasteiger partial charge in [-0.05, 0) is 18.2 Å². The van der Waals surface area contributed by atoms with E-state index in [0.29, 0.717) is 0 Å². The van der Waals surface area contributed by atoms with E-state index in [2.05, 4.69) is 5.10 Å². The molecule has 0 unspecified atom stereocenters. The van der Waals surface area contributed by atoms with E-state index in [1.807, 2.05) is 71.6 Å². The highest BCUT2D eigenvalue weighted by molar-refractivity contribution is 6.25. The number of para-hydroxylation sites is 1. The Kier molecular flexibility index (Phi) is 2.23. The second-order valence-corrected chi connectivity index (χ2v) is 4.75. The average Bonchev–Trinajstić information content (AvgIpc) is 2.78. The van der Waals surface area contributed by atoms with Crippen LogP contribution in [0.15, 0.2) is 55.0 Å². The van der Waals surface area contributed by atoms with Crippen LogP contribution in [0.4, 0.5) is 0 Å². The van der Waals surface area contributed by atoms with E-state index in [-0.39, 0.29) is 0 Å². The SMILES string of the molecule is CN1C=CC(Cl)(n2ncc3ccccc32)C=C1. The lowest BCUT2D eigenvalue weighted by molar-refractivity contribution is 0.526. The third-order valence-electron chi connectivity index (χ3n) is 2.89. The van der Waals surface area contributed by atoms with Crippen molar-refractivity contribution in [3.05, 3.63) is 55.0 Å². The number of hydrogen-bond acceptors (Lipinski definition) is 2. The summed E-state index contributed by atoms with van der Waals surface area (Å²) in [5, 5.41) is 5.47. The zero-order valence-electron chi connectivity index (χ0n) is 9.42. The molecule has 0 spiro atoms. The minimum Gasteiger partial charge on any atom is -0.358 e. The summed E-state index contributed by atoms with van der Waals surface area (Å²) in [7, 11) is 1.96. The maximum atomic E-state index is 6.59. The molecular formula is C13H12ClN3. The van der Waals surface area contributed by atoms with Crippen LogP contribution in [0.3, 0.4) is 0 Å². The molecule has 0 saturated carbocycles. The average molecular weight is 246 g/mol. The highest BCUT2D eigenvalue weighted by atomic mass is 35.5. The zero-order chi connectivity index (χ0) is 11.9. The van der Waals surface area contributed by atoms with Gasteiger partial charge < -0.3 is 4.90 Å². The first-order valence-corrected chi connectivity index (χ1v) is 5.80. The smallest absolute Gasteiger partial charge is 0.176 e. The summed E-state index contributed by atoms with van der Waals surface area (Å²) in [6.45, 7) is 0. The number of nitrogens with zero attached hydrogens (tertiary/aromatic N) is 3. The number of alkyl halides is 1.